The lowest BCUT2D eigenvalue weighted by Crippen LogP contribution is -2.26. The standard InChI is InChI=1S/C14H22N4O5S3/c1-18(2)8-10-4-5-11(23-10)9-24-7-6-16-13-12(15)14(25(3,19)20)26(21,22)17-13/h4-5H,6-9,15H2,1-3H3,(H,16,17). The summed E-state index contributed by atoms with van der Waals surface area (Å²) in [6.45, 7) is 1.01. The van der Waals surface area contributed by atoms with E-state index in [1.807, 2.05) is 31.1 Å². The van der Waals surface area contributed by atoms with Gasteiger partial charge in [0, 0.05) is 12.0 Å². The van der Waals surface area contributed by atoms with E-state index in [9.17, 15) is 16.8 Å². The van der Waals surface area contributed by atoms with Crippen molar-refractivity contribution in [1.29, 1.82) is 0 Å². The molecule has 0 unspecified atom stereocenters. The molecule has 1 aromatic heterocycles. The number of sulfonamides is 1. The summed E-state index contributed by atoms with van der Waals surface area (Å²) in [5.41, 5.74) is 5.27. The van der Waals surface area contributed by atoms with Gasteiger partial charge in [0.1, 0.15) is 17.2 Å². The Hall–Kier alpha value is -1.50. The van der Waals surface area contributed by atoms with Crippen LogP contribution in [0.25, 0.3) is 0 Å². The van der Waals surface area contributed by atoms with E-state index >= 15 is 0 Å². The van der Waals surface area contributed by atoms with Gasteiger partial charge in [-0.05, 0) is 26.2 Å². The van der Waals surface area contributed by atoms with Crippen LogP contribution in [0.5, 0.6) is 0 Å². The molecular weight excluding hydrogens is 400 g/mol. The van der Waals surface area contributed by atoms with Crippen molar-refractivity contribution >= 4 is 37.5 Å². The highest BCUT2D eigenvalue weighted by Crippen LogP contribution is 2.22. The van der Waals surface area contributed by atoms with Crippen LogP contribution in [0.4, 0.5) is 0 Å². The number of aliphatic imine (C=N–C) groups is 1. The molecule has 2 heterocycles. The second kappa shape index (κ2) is 8.03. The van der Waals surface area contributed by atoms with E-state index in [1.165, 1.54) is 0 Å². The molecule has 1 aliphatic rings. The SMILES string of the molecule is CN(C)Cc1ccc(CSCCN=C2NS(=O)(=O)C(S(C)(=O)=O)=C2N)o1. The zero-order chi connectivity index (χ0) is 19.5. The first kappa shape index (κ1) is 20.8. The first-order valence-corrected chi connectivity index (χ1v) is 12.1. The van der Waals surface area contributed by atoms with Gasteiger partial charge in [-0.15, -0.1) is 0 Å². The van der Waals surface area contributed by atoms with E-state index in [0.717, 1.165) is 24.3 Å². The Morgan fingerprint density at radius 2 is 1.96 bits per heavy atom. The minimum atomic E-state index is -4.18. The molecule has 0 radical (unpaired) electrons. The maximum absolute atomic E-state index is 11.9. The van der Waals surface area contributed by atoms with Crippen LogP contribution >= 0.6 is 11.8 Å². The number of hydrogen-bond acceptors (Lipinski definition) is 9. The maximum Gasteiger partial charge on any atom is 0.276 e. The molecule has 146 valence electrons. The van der Waals surface area contributed by atoms with Crippen molar-refractivity contribution < 1.29 is 21.3 Å². The van der Waals surface area contributed by atoms with Crippen LogP contribution in [-0.2, 0) is 32.2 Å². The molecule has 0 atom stereocenters. The van der Waals surface area contributed by atoms with Crippen LogP contribution in [0.3, 0.4) is 0 Å². The lowest BCUT2D eigenvalue weighted by molar-refractivity contribution is 0.344. The summed E-state index contributed by atoms with van der Waals surface area (Å²) < 4.78 is 53.8. The van der Waals surface area contributed by atoms with Crippen LogP contribution < -0.4 is 10.5 Å². The maximum atomic E-state index is 11.9. The fourth-order valence-corrected chi connectivity index (χ4v) is 6.12. The molecule has 0 aromatic carbocycles. The number of nitrogens with two attached hydrogens (primary N) is 1. The third kappa shape index (κ3) is 5.25. The lowest BCUT2D eigenvalue weighted by atomic mass is 10.4. The van der Waals surface area contributed by atoms with Crippen LogP contribution in [0.15, 0.2) is 31.5 Å². The smallest absolute Gasteiger partial charge is 0.276 e. The molecule has 0 aliphatic carbocycles. The van der Waals surface area contributed by atoms with Crippen molar-refractivity contribution in [3.05, 3.63) is 33.6 Å². The number of nitrogens with zero attached hydrogens (tertiary/aromatic N) is 2. The molecule has 1 aromatic rings. The molecule has 0 bridgehead atoms. The van der Waals surface area contributed by atoms with E-state index in [1.54, 1.807) is 11.8 Å². The normalized spacial score (nSPS) is 18.7. The number of furan rings is 1. The van der Waals surface area contributed by atoms with Gasteiger partial charge in [-0.1, -0.05) is 0 Å². The number of amidine groups is 1. The van der Waals surface area contributed by atoms with Crippen LogP contribution in [0.1, 0.15) is 11.5 Å². The quantitative estimate of drug-likeness (QED) is 0.562. The number of hydrogen-bond donors (Lipinski definition) is 2. The van der Waals surface area contributed by atoms with E-state index in [2.05, 4.69) is 9.71 Å². The van der Waals surface area contributed by atoms with E-state index < -0.39 is 24.1 Å². The van der Waals surface area contributed by atoms with Crippen LogP contribution in [0, 0.1) is 0 Å². The van der Waals surface area contributed by atoms with Gasteiger partial charge in [-0.3, -0.25) is 9.71 Å². The first-order chi connectivity index (χ1) is 12.0. The van der Waals surface area contributed by atoms with E-state index in [0.29, 0.717) is 11.5 Å². The fraction of sp³-hybridized carbons (Fsp3) is 0.500. The molecule has 12 heteroatoms. The summed E-state index contributed by atoms with van der Waals surface area (Å²) >= 11 is 1.56. The van der Waals surface area contributed by atoms with E-state index in [-0.39, 0.29) is 18.1 Å². The molecule has 9 nitrogen and oxygen atoms in total. The predicted molar refractivity (Wildman–Crippen MR) is 103 cm³/mol. The minimum absolute atomic E-state index is 0.128. The fourth-order valence-electron chi connectivity index (χ4n) is 2.28. The largest absolute Gasteiger partial charge is 0.464 e. The van der Waals surface area contributed by atoms with Crippen LogP contribution in [-0.4, -0.2) is 60.2 Å². The molecule has 0 fully saturated rings. The average molecular weight is 423 g/mol. The Kier molecular flexibility index (Phi) is 6.42. The van der Waals surface area contributed by atoms with Crippen LogP contribution in [0.2, 0.25) is 0 Å². The highest BCUT2D eigenvalue weighted by Gasteiger charge is 2.39. The van der Waals surface area contributed by atoms with Crippen molar-refractivity contribution in [3.8, 4) is 0 Å². The van der Waals surface area contributed by atoms with Crippen molar-refractivity contribution in [2.24, 2.45) is 10.7 Å². The Morgan fingerprint density at radius 3 is 2.54 bits per heavy atom. The Bertz CT molecular complexity index is 930. The van der Waals surface area contributed by atoms with E-state index in [4.69, 9.17) is 10.2 Å². The molecule has 26 heavy (non-hydrogen) atoms. The Labute approximate surface area is 157 Å². The van der Waals surface area contributed by atoms with Crippen molar-refractivity contribution in [2.75, 3.05) is 32.6 Å². The molecule has 0 saturated heterocycles. The Morgan fingerprint density at radius 1 is 1.31 bits per heavy atom. The van der Waals surface area contributed by atoms with Crippen molar-refractivity contribution in [2.45, 2.75) is 12.3 Å². The van der Waals surface area contributed by atoms with Crippen molar-refractivity contribution in [1.82, 2.24) is 9.62 Å². The van der Waals surface area contributed by atoms with Gasteiger partial charge in [0.2, 0.25) is 4.24 Å². The van der Waals surface area contributed by atoms with Gasteiger partial charge in [-0.25, -0.2) is 16.8 Å². The first-order valence-electron chi connectivity index (χ1n) is 7.58. The number of rotatable bonds is 8. The van der Waals surface area contributed by atoms with Gasteiger partial charge in [-0.2, -0.15) is 11.8 Å². The molecule has 1 aliphatic heterocycles. The number of sulfone groups is 1. The molecule has 0 amide bonds. The zero-order valence-corrected chi connectivity index (χ0v) is 17.2. The monoisotopic (exact) mass is 422 g/mol. The lowest BCUT2D eigenvalue weighted by Gasteiger charge is -2.05. The van der Waals surface area contributed by atoms with Gasteiger partial charge in [0.15, 0.2) is 15.7 Å². The van der Waals surface area contributed by atoms with Crippen molar-refractivity contribution in [3.63, 3.8) is 0 Å². The topological polar surface area (TPSA) is 135 Å². The van der Waals surface area contributed by atoms with Gasteiger partial charge < -0.3 is 15.1 Å². The Balaban J connectivity index is 1.90. The summed E-state index contributed by atoms with van der Waals surface area (Å²) in [6, 6.07) is 3.85. The molecule has 0 saturated carbocycles. The zero-order valence-electron chi connectivity index (χ0n) is 14.7. The highest BCUT2D eigenvalue weighted by atomic mass is 32.3. The number of nitrogens with one attached hydrogen (secondary N) is 1. The molecule has 0 spiro atoms. The second-order valence-corrected chi connectivity index (χ2v) is 10.9. The summed E-state index contributed by atoms with van der Waals surface area (Å²) in [6.07, 6.45) is 0.793. The molecule has 3 N–H and O–H groups in total. The molecule has 2 rings (SSSR count). The highest BCUT2D eigenvalue weighted by molar-refractivity contribution is 8.13. The van der Waals surface area contributed by atoms with Gasteiger partial charge >= 0.3 is 0 Å². The predicted octanol–water partition coefficient (Wildman–Crippen LogP) is 0.0783. The number of thioether (sulfide) groups is 1. The summed E-state index contributed by atoms with van der Waals surface area (Å²) in [5, 5.41) is 0. The summed E-state index contributed by atoms with van der Waals surface area (Å²) in [5.74, 6) is 2.86. The van der Waals surface area contributed by atoms with Gasteiger partial charge in [0.25, 0.3) is 10.0 Å². The minimum Gasteiger partial charge on any atom is -0.464 e. The second-order valence-electron chi connectivity index (χ2n) is 5.97. The summed E-state index contributed by atoms with van der Waals surface area (Å²) in [7, 11) is -4.22. The third-order valence-corrected chi connectivity index (χ3v) is 7.82. The third-order valence-electron chi connectivity index (χ3n) is 3.23. The molecular formula is C14H22N4O5S3. The van der Waals surface area contributed by atoms with Gasteiger partial charge in [0.05, 0.1) is 18.8 Å². The average Bonchev–Trinajstić information content (AvgIpc) is 2.99. The summed E-state index contributed by atoms with van der Waals surface area (Å²) in [4.78, 5) is 6.07.